The van der Waals surface area contributed by atoms with Crippen molar-refractivity contribution in [3.63, 3.8) is 0 Å². The second-order valence-electron chi connectivity index (χ2n) is 0.862. The molecule has 0 aliphatic heterocycles. The number of hydrogen-bond donors (Lipinski definition) is 0. The van der Waals surface area contributed by atoms with Gasteiger partial charge in [-0.2, -0.15) is 0 Å². The van der Waals surface area contributed by atoms with E-state index >= 15 is 0 Å². The maximum atomic E-state index is 4.77. The Balaban J connectivity index is 2.99. The molecule has 0 aromatic rings. The Bertz CT molecular complexity index is 31.7. The van der Waals surface area contributed by atoms with E-state index in [1.165, 1.54) is 0 Å². The van der Waals surface area contributed by atoms with Crippen molar-refractivity contribution in [3.8, 4) is 0 Å². The summed E-state index contributed by atoms with van der Waals surface area (Å²) in [6, 6.07) is 0. The van der Waals surface area contributed by atoms with E-state index in [-0.39, 0.29) is 0 Å². The molecule has 0 aromatic heterocycles. The first kappa shape index (κ1) is 7.42. The minimum absolute atomic E-state index is 1.59. The van der Waals surface area contributed by atoms with E-state index in [4.69, 9.17) is 11.3 Å². The predicted octanol–water partition coefficient (Wildman–Crippen LogP) is -0.0895. The molecule has 1 radical (unpaired) electrons. The van der Waals surface area contributed by atoms with Gasteiger partial charge in [0.15, 0.2) is 0 Å². The molecule has 0 N–H and O–H groups in total. The zero-order chi connectivity index (χ0) is 5.70. The molecule has 0 saturated heterocycles. The molecule has 0 atom stereocenters. The van der Waals surface area contributed by atoms with Crippen molar-refractivity contribution >= 4 is 15.4 Å². The molecule has 0 aromatic carbocycles. The van der Waals surface area contributed by atoms with Gasteiger partial charge in [-0.1, -0.05) is 0 Å². The van der Waals surface area contributed by atoms with Crippen molar-refractivity contribution in [2.24, 2.45) is 0 Å². The van der Waals surface area contributed by atoms with Crippen molar-refractivity contribution in [3.05, 3.63) is 0 Å². The molecular formula is C3H9GeO3. The first-order valence-electron chi connectivity index (χ1n) is 1.84. The molecule has 0 heterocycles. The summed E-state index contributed by atoms with van der Waals surface area (Å²) in [5.41, 5.74) is 0. The zero-order valence-corrected chi connectivity index (χ0v) is 6.82. The van der Waals surface area contributed by atoms with Gasteiger partial charge in [0.2, 0.25) is 0 Å². The first-order valence-corrected chi connectivity index (χ1v) is 4.41. The molecule has 0 amide bonds. The summed E-state index contributed by atoms with van der Waals surface area (Å²) in [6.07, 6.45) is 0. The average molecular weight is 166 g/mol. The third kappa shape index (κ3) is 3.05. The molecule has 0 rings (SSSR count). The molecule has 0 unspecified atom stereocenters. The van der Waals surface area contributed by atoms with Gasteiger partial charge in [-0.15, -0.1) is 0 Å². The van der Waals surface area contributed by atoms with E-state index in [9.17, 15) is 0 Å². The Hall–Kier alpha value is 0.423. The van der Waals surface area contributed by atoms with Gasteiger partial charge in [-0.25, -0.2) is 0 Å². The first-order chi connectivity index (χ1) is 3.35. The number of rotatable bonds is 3. The Morgan fingerprint density at radius 2 is 1.14 bits per heavy atom. The Kier molecular flexibility index (Phi) is 4.86. The van der Waals surface area contributed by atoms with Gasteiger partial charge in [-0.3, -0.25) is 0 Å². The summed E-state index contributed by atoms with van der Waals surface area (Å²) in [5.74, 6) is 0. The molecule has 7 heavy (non-hydrogen) atoms. The van der Waals surface area contributed by atoms with Crippen molar-refractivity contribution in [1.82, 2.24) is 0 Å². The normalized spacial score (nSPS) is 10.3. The van der Waals surface area contributed by atoms with Crippen LogP contribution in [0.15, 0.2) is 0 Å². The molecule has 4 heteroatoms. The van der Waals surface area contributed by atoms with Crippen LogP contribution in [0.1, 0.15) is 0 Å². The Morgan fingerprint density at radius 3 is 1.14 bits per heavy atom. The maximum absolute atomic E-state index is 4.77. The van der Waals surface area contributed by atoms with E-state index < -0.39 is 15.4 Å². The van der Waals surface area contributed by atoms with Gasteiger partial charge in [0, 0.05) is 0 Å². The van der Waals surface area contributed by atoms with Crippen LogP contribution in [0.25, 0.3) is 0 Å². The van der Waals surface area contributed by atoms with Crippen LogP contribution in [0.2, 0.25) is 0 Å². The Morgan fingerprint density at radius 1 is 0.857 bits per heavy atom. The zero-order valence-electron chi connectivity index (χ0n) is 4.72. The van der Waals surface area contributed by atoms with Gasteiger partial charge in [0.1, 0.15) is 0 Å². The Labute approximate surface area is 48.7 Å². The summed E-state index contributed by atoms with van der Waals surface area (Å²) in [7, 11) is 4.76. The molecule has 0 spiro atoms. The summed E-state index contributed by atoms with van der Waals surface area (Å²) < 4.78 is 14.3. The van der Waals surface area contributed by atoms with Crippen molar-refractivity contribution in [2.45, 2.75) is 0 Å². The van der Waals surface area contributed by atoms with Crippen LogP contribution >= 0.6 is 0 Å². The monoisotopic (exact) mass is 167 g/mol. The molecule has 43 valence electrons. The van der Waals surface area contributed by atoms with Crippen LogP contribution in [0.4, 0.5) is 0 Å². The fraction of sp³-hybridized carbons (Fsp3) is 1.00. The van der Waals surface area contributed by atoms with Crippen LogP contribution < -0.4 is 0 Å². The molecule has 0 fully saturated rings. The van der Waals surface area contributed by atoms with E-state index in [0.29, 0.717) is 0 Å². The minimum atomic E-state index is -1.90. The van der Waals surface area contributed by atoms with E-state index in [1.807, 2.05) is 0 Å². The molecule has 0 bridgehead atoms. The third-order valence-electron chi connectivity index (χ3n) is 0.500. The van der Waals surface area contributed by atoms with Crippen LogP contribution in [0, 0.1) is 0 Å². The van der Waals surface area contributed by atoms with Gasteiger partial charge < -0.3 is 0 Å². The summed E-state index contributed by atoms with van der Waals surface area (Å²) in [6.45, 7) is 0. The quantitative estimate of drug-likeness (QED) is 0.548. The van der Waals surface area contributed by atoms with Gasteiger partial charge in [0.25, 0.3) is 0 Å². The van der Waals surface area contributed by atoms with Crippen molar-refractivity contribution < 1.29 is 11.3 Å². The average Bonchev–Trinajstić information content (AvgIpc) is 1.72. The van der Waals surface area contributed by atoms with Crippen LogP contribution in [0.5, 0.6) is 0 Å². The topological polar surface area (TPSA) is 27.7 Å². The molecule has 0 aliphatic carbocycles. The van der Waals surface area contributed by atoms with Crippen LogP contribution in [0.3, 0.4) is 0 Å². The van der Waals surface area contributed by atoms with E-state index in [1.54, 1.807) is 21.3 Å². The molecule has 3 nitrogen and oxygen atoms in total. The molecular weight excluding hydrogens is 157 g/mol. The van der Waals surface area contributed by atoms with Gasteiger partial charge in [0.05, 0.1) is 0 Å². The van der Waals surface area contributed by atoms with E-state index in [2.05, 4.69) is 0 Å². The molecule has 0 saturated carbocycles. The number of hydrogen-bond acceptors (Lipinski definition) is 3. The van der Waals surface area contributed by atoms with Gasteiger partial charge in [-0.05, 0) is 0 Å². The SMILES string of the molecule is C[O][Ge]([O]C)[O]C. The van der Waals surface area contributed by atoms with E-state index in [0.717, 1.165) is 0 Å². The van der Waals surface area contributed by atoms with Crippen molar-refractivity contribution in [1.29, 1.82) is 0 Å². The standard InChI is InChI=1S/C3H9GeO3/c1-5-4(6-2)7-3/h1-3H3. The van der Waals surface area contributed by atoms with Crippen molar-refractivity contribution in [2.75, 3.05) is 21.3 Å². The summed E-state index contributed by atoms with van der Waals surface area (Å²) >= 11 is -1.90. The third-order valence-corrected chi connectivity index (χ3v) is 2.60. The second-order valence-corrected chi connectivity index (χ2v) is 4.48. The van der Waals surface area contributed by atoms with Gasteiger partial charge >= 0.3 is 48.0 Å². The van der Waals surface area contributed by atoms with Crippen LogP contribution in [-0.4, -0.2) is 36.7 Å². The summed E-state index contributed by atoms with van der Waals surface area (Å²) in [4.78, 5) is 0. The second kappa shape index (κ2) is 4.58. The summed E-state index contributed by atoms with van der Waals surface area (Å²) in [5, 5.41) is 0. The predicted molar refractivity (Wildman–Crippen MR) is 26.8 cm³/mol. The fourth-order valence-electron chi connectivity index (χ4n) is 0.250. The fourth-order valence-corrected chi connectivity index (χ4v) is 1.30. The molecule has 0 aliphatic rings. The van der Waals surface area contributed by atoms with Crippen LogP contribution in [-0.2, 0) is 11.3 Å².